The molecule has 2 N–H and O–H groups in total. The summed E-state index contributed by atoms with van der Waals surface area (Å²) < 4.78 is 1.52. The Hall–Kier alpha value is -3.09. The first-order valence-corrected chi connectivity index (χ1v) is 8.72. The van der Waals surface area contributed by atoms with Crippen molar-refractivity contribution < 1.29 is 14.7 Å². The van der Waals surface area contributed by atoms with Crippen LogP contribution in [0.2, 0.25) is 0 Å². The predicted molar refractivity (Wildman–Crippen MR) is 96.0 cm³/mol. The molecule has 26 heavy (non-hydrogen) atoms. The summed E-state index contributed by atoms with van der Waals surface area (Å²) in [5.74, 6) is -0.808. The molecule has 1 saturated heterocycles. The maximum absolute atomic E-state index is 12.9. The molecule has 3 heterocycles. The standard InChI is InChI=1S/C19H20N4O3/c24-18(25)12-23-17(6-8-21-23)15-2-1-9-22(11-15)19(26)14-4-3-13-5-7-20-16(13)10-14/h3-8,10,15,20H,1-2,9,11-12H2,(H,24,25)/t15-/m0/s1. The number of carbonyl (C=O) groups is 2. The highest BCUT2D eigenvalue weighted by atomic mass is 16.4. The minimum Gasteiger partial charge on any atom is -0.480 e. The number of H-pyrrole nitrogens is 1. The van der Waals surface area contributed by atoms with Crippen molar-refractivity contribution in [1.82, 2.24) is 19.7 Å². The zero-order chi connectivity index (χ0) is 18.1. The van der Waals surface area contributed by atoms with Crippen molar-refractivity contribution in [1.29, 1.82) is 0 Å². The number of amides is 1. The van der Waals surface area contributed by atoms with E-state index in [4.69, 9.17) is 5.11 Å². The number of aromatic nitrogens is 3. The number of fused-ring (bicyclic) bond motifs is 1. The van der Waals surface area contributed by atoms with E-state index in [2.05, 4.69) is 10.1 Å². The number of nitrogens with one attached hydrogen (secondary N) is 1. The first kappa shape index (κ1) is 16.4. The van der Waals surface area contributed by atoms with Gasteiger partial charge in [0, 0.05) is 48.2 Å². The summed E-state index contributed by atoms with van der Waals surface area (Å²) in [5.41, 5.74) is 2.49. The number of hydrogen-bond acceptors (Lipinski definition) is 3. The molecule has 1 aliphatic heterocycles. The monoisotopic (exact) mass is 352 g/mol. The number of benzene rings is 1. The second kappa shape index (κ2) is 6.67. The molecule has 3 aromatic rings. The van der Waals surface area contributed by atoms with E-state index in [-0.39, 0.29) is 18.4 Å². The minimum absolute atomic E-state index is 0.00972. The van der Waals surface area contributed by atoms with E-state index in [9.17, 15) is 9.59 Å². The number of aromatic amines is 1. The number of piperidine rings is 1. The van der Waals surface area contributed by atoms with E-state index in [1.54, 1.807) is 6.20 Å². The van der Waals surface area contributed by atoms with E-state index in [1.807, 2.05) is 41.4 Å². The summed E-state index contributed by atoms with van der Waals surface area (Å²) in [6, 6.07) is 9.52. The number of likely N-dealkylation sites (tertiary alicyclic amines) is 1. The topological polar surface area (TPSA) is 91.2 Å². The molecular weight excluding hydrogens is 332 g/mol. The Morgan fingerprint density at radius 3 is 3.00 bits per heavy atom. The number of rotatable bonds is 4. The highest BCUT2D eigenvalue weighted by molar-refractivity contribution is 5.98. The third kappa shape index (κ3) is 3.08. The van der Waals surface area contributed by atoms with Gasteiger partial charge in [0.05, 0.1) is 0 Å². The number of nitrogens with zero attached hydrogens (tertiary/aromatic N) is 3. The SMILES string of the molecule is O=C(O)Cn1nccc1[C@H]1CCCN(C(=O)c2ccc3cc[nH]c3c2)C1. The van der Waals surface area contributed by atoms with Gasteiger partial charge in [0.1, 0.15) is 6.54 Å². The van der Waals surface area contributed by atoms with Crippen LogP contribution in [0.5, 0.6) is 0 Å². The Morgan fingerprint density at radius 1 is 1.27 bits per heavy atom. The maximum atomic E-state index is 12.9. The molecule has 7 heteroatoms. The molecule has 0 bridgehead atoms. The quantitative estimate of drug-likeness (QED) is 0.755. The molecule has 4 rings (SSSR count). The number of hydrogen-bond donors (Lipinski definition) is 2. The van der Waals surface area contributed by atoms with Crippen LogP contribution in [0.1, 0.15) is 34.8 Å². The first-order chi connectivity index (χ1) is 12.6. The Kier molecular flexibility index (Phi) is 4.20. The van der Waals surface area contributed by atoms with Gasteiger partial charge in [-0.15, -0.1) is 0 Å². The van der Waals surface area contributed by atoms with E-state index in [0.29, 0.717) is 18.7 Å². The lowest BCUT2D eigenvalue weighted by molar-refractivity contribution is -0.137. The fourth-order valence-corrected chi connectivity index (χ4v) is 3.72. The molecule has 0 saturated carbocycles. The third-order valence-electron chi connectivity index (χ3n) is 4.96. The molecule has 0 radical (unpaired) electrons. The van der Waals surface area contributed by atoms with Gasteiger partial charge in [-0.25, -0.2) is 0 Å². The smallest absolute Gasteiger partial charge is 0.325 e. The average molecular weight is 352 g/mol. The second-order valence-electron chi connectivity index (χ2n) is 6.68. The number of carbonyl (C=O) groups excluding carboxylic acids is 1. The van der Waals surface area contributed by atoms with E-state index < -0.39 is 5.97 Å². The van der Waals surface area contributed by atoms with Crippen LogP contribution in [0.3, 0.4) is 0 Å². The summed E-state index contributed by atoms with van der Waals surface area (Å²) in [6.45, 7) is 1.13. The van der Waals surface area contributed by atoms with Crippen molar-refractivity contribution in [3.63, 3.8) is 0 Å². The Labute approximate surface area is 150 Å². The summed E-state index contributed by atoms with van der Waals surface area (Å²) in [4.78, 5) is 28.9. The van der Waals surface area contributed by atoms with Gasteiger partial charge in [-0.1, -0.05) is 6.07 Å². The van der Waals surface area contributed by atoms with Crippen molar-refractivity contribution in [2.45, 2.75) is 25.3 Å². The van der Waals surface area contributed by atoms with Gasteiger partial charge in [-0.05, 0) is 42.5 Å². The zero-order valence-electron chi connectivity index (χ0n) is 14.3. The molecule has 0 unspecified atom stereocenters. The van der Waals surface area contributed by atoms with Gasteiger partial charge in [0.25, 0.3) is 5.91 Å². The lowest BCUT2D eigenvalue weighted by Gasteiger charge is -2.33. The molecule has 1 amide bonds. The summed E-state index contributed by atoms with van der Waals surface area (Å²) >= 11 is 0. The molecule has 0 spiro atoms. The van der Waals surface area contributed by atoms with Gasteiger partial charge in [0.2, 0.25) is 0 Å². The van der Waals surface area contributed by atoms with Crippen LogP contribution in [-0.2, 0) is 11.3 Å². The van der Waals surface area contributed by atoms with Crippen LogP contribution in [0.25, 0.3) is 10.9 Å². The fourth-order valence-electron chi connectivity index (χ4n) is 3.72. The van der Waals surface area contributed by atoms with Crippen LogP contribution in [0, 0.1) is 0 Å². The summed E-state index contributed by atoms with van der Waals surface area (Å²) in [6.07, 6.45) is 5.29. The van der Waals surface area contributed by atoms with Crippen molar-refractivity contribution in [3.05, 3.63) is 54.0 Å². The molecule has 7 nitrogen and oxygen atoms in total. The maximum Gasteiger partial charge on any atom is 0.325 e. The third-order valence-corrected chi connectivity index (χ3v) is 4.96. The van der Waals surface area contributed by atoms with Gasteiger partial charge < -0.3 is 15.0 Å². The molecular formula is C19H20N4O3. The van der Waals surface area contributed by atoms with Crippen LogP contribution < -0.4 is 0 Å². The number of carboxylic acids is 1. The average Bonchev–Trinajstić information content (AvgIpc) is 3.29. The second-order valence-corrected chi connectivity index (χ2v) is 6.68. The van der Waals surface area contributed by atoms with Crippen molar-refractivity contribution >= 4 is 22.8 Å². The molecule has 1 aliphatic rings. The molecule has 2 aromatic heterocycles. The lowest BCUT2D eigenvalue weighted by Crippen LogP contribution is -2.39. The van der Waals surface area contributed by atoms with Crippen molar-refractivity contribution in [2.75, 3.05) is 13.1 Å². The van der Waals surface area contributed by atoms with E-state index >= 15 is 0 Å². The van der Waals surface area contributed by atoms with Crippen LogP contribution in [0.15, 0.2) is 42.7 Å². The number of carboxylic acid groups (broad SMARTS) is 1. The normalized spacial score (nSPS) is 17.5. The van der Waals surface area contributed by atoms with E-state index in [0.717, 1.165) is 29.4 Å². The predicted octanol–water partition coefficient (Wildman–Crippen LogP) is 2.47. The summed E-state index contributed by atoms with van der Waals surface area (Å²) in [5, 5.41) is 14.2. The van der Waals surface area contributed by atoms with E-state index in [1.165, 1.54) is 4.68 Å². The Balaban J connectivity index is 1.53. The molecule has 0 aliphatic carbocycles. The Morgan fingerprint density at radius 2 is 2.15 bits per heavy atom. The van der Waals surface area contributed by atoms with Crippen LogP contribution in [-0.4, -0.2) is 49.7 Å². The molecule has 1 atom stereocenters. The van der Waals surface area contributed by atoms with Gasteiger partial charge in [-0.3, -0.25) is 14.3 Å². The lowest BCUT2D eigenvalue weighted by atomic mass is 9.94. The van der Waals surface area contributed by atoms with Crippen LogP contribution in [0.4, 0.5) is 0 Å². The van der Waals surface area contributed by atoms with Crippen LogP contribution >= 0.6 is 0 Å². The fraction of sp³-hybridized carbons (Fsp3) is 0.316. The minimum atomic E-state index is -0.919. The summed E-state index contributed by atoms with van der Waals surface area (Å²) in [7, 11) is 0. The van der Waals surface area contributed by atoms with Crippen molar-refractivity contribution in [3.8, 4) is 0 Å². The van der Waals surface area contributed by atoms with Crippen molar-refractivity contribution in [2.24, 2.45) is 0 Å². The number of aliphatic carboxylic acids is 1. The zero-order valence-corrected chi connectivity index (χ0v) is 14.3. The highest BCUT2D eigenvalue weighted by Gasteiger charge is 2.28. The van der Waals surface area contributed by atoms with Gasteiger partial charge >= 0.3 is 5.97 Å². The molecule has 1 aromatic carbocycles. The highest BCUT2D eigenvalue weighted by Crippen LogP contribution is 2.28. The van der Waals surface area contributed by atoms with Gasteiger partial charge in [0.15, 0.2) is 0 Å². The molecule has 1 fully saturated rings. The van der Waals surface area contributed by atoms with Gasteiger partial charge in [-0.2, -0.15) is 5.10 Å². The first-order valence-electron chi connectivity index (χ1n) is 8.72. The largest absolute Gasteiger partial charge is 0.480 e. The molecule has 134 valence electrons. The Bertz CT molecular complexity index is 959.